The first kappa shape index (κ1) is 17.2. The van der Waals surface area contributed by atoms with Crippen LogP contribution in [-0.4, -0.2) is 17.7 Å². The van der Waals surface area contributed by atoms with Crippen LogP contribution >= 0.6 is 11.6 Å². The first-order valence-corrected chi connectivity index (χ1v) is 8.24. The van der Waals surface area contributed by atoms with E-state index in [1.165, 1.54) is 0 Å². The van der Waals surface area contributed by atoms with Gasteiger partial charge < -0.3 is 10.1 Å². The van der Waals surface area contributed by atoms with Crippen molar-refractivity contribution in [1.29, 1.82) is 0 Å². The topological polar surface area (TPSA) is 67.8 Å². The number of esters is 1. The smallest absolute Gasteiger partial charge is 0.341 e. The molecule has 0 bridgehead atoms. The molecule has 6 heteroatoms. The van der Waals surface area contributed by atoms with Gasteiger partial charge in [-0.05, 0) is 30.2 Å². The Balaban J connectivity index is 1.83. The van der Waals surface area contributed by atoms with E-state index in [0.29, 0.717) is 10.7 Å². The summed E-state index contributed by atoms with van der Waals surface area (Å²) in [6, 6.07) is 15.4. The number of amides is 2. The molecule has 1 N–H and O–H groups in total. The summed E-state index contributed by atoms with van der Waals surface area (Å²) in [5, 5.41) is 3.26. The highest BCUT2D eigenvalue weighted by Crippen LogP contribution is 2.29. The van der Waals surface area contributed by atoms with Crippen LogP contribution in [0.5, 0.6) is 0 Å². The van der Waals surface area contributed by atoms with E-state index >= 15 is 0 Å². The molecule has 0 aliphatic carbocycles. The molecule has 1 aliphatic rings. The highest BCUT2D eigenvalue weighted by molar-refractivity contribution is 6.30. The Morgan fingerprint density at radius 2 is 1.96 bits per heavy atom. The second kappa shape index (κ2) is 7.49. The van der Waals surface area contributed by atoms with E-state index in [1.54, 1.807) is 25.1 Å². The van der Waals surface area contributed by atoms with Crippen molar-refractivity contribution in [2.24, 2.45) is 10.9 Å². The van der Waals surface area contributed by atoms with Crippen molar-refractivity contribution in [1.82, 2.24) is 5.32 Å². The van der Waals surface area contributed by atoms with Crippen LogP contribution in [0.2, 0.25) is 5.02 Å². The molecule has 2 amide bonds. The number of nitrogens with one attached hydrogen (secondary N) is 1. The predicted octanol–water partition coefficient (Wildman–Crippen LogP) is 3.92. The lowest BCUT2D eigenvalue weighted by molar-refractivity contribution is -0.148. The summed E-state index contributed by atoms with van der Waals surface area (Å²) in [6.45, 7) is 1.82. The number of carbonyl (C=O) groups excluding carboxylic acids is 2. The minimum atomic E-state index is -0.695. The Morgan fingerprint density at radius 3 is 2.68 bits per heavy atom. The molecule has 2 atom stereocenters. The molecule has 1 aliphatic heterocycles. The summed E-state index contributed by atoms with van der Waals surface area (Å²) in [5.41, 5.74) is 2.05. The third kappa shape index (κ3) is 4.06. The fraction of sp³-hybridized carbons (Fsp3) is 0.211. The zero-order valence-corrected chi connectivity index (χ0v) is 14.4. The summed E-state index contributed by atoms with van der Waals surface area (Å²) in [6.07, 6.45) is 0. The van der Waals surface area contributed by atoms with Crippen LogP contribution in [0.4, 0.5) is 4.79 Å². The van der Waals surface area contributed by atoms with Crippen molar-refractivity contribution in [3.8, 4) is 0 Å². The summed E-state index contributed by atoms with van der Waals surface area (Å²) < 4.78 is 5.45. The maximum absolute atomic E-state index is 12.7. The number of urea groups is 1. The van der Waals surface area contributed by atoms with Crippen molar-refractivity contribution in [3.05, 3.63) is 70.7 Å². The van der Waals surface area contributed by atoms with Gasteiger partial charge in [0.05, 0.1) is 6.04 Å². The van der Waals surface area contributed by atoms with E-state index in [4.69, 9.17) is 16.3 Å². The average molecular weight is 357 g/mol. The highest BCUT2D eigenvalue weighted by atomic mass is 35.5. The molecule has 0 saturated heterocycles. The van der Waals surface area contributed by atoms with E-state index in [1.807, 2.05) is 36.4 Å². The second-order valence-electron chi connectivity index (χ2n) is 5.81. The van der Waals surface area contributed by atoms with Gasteiger partial charge in [-0.3, -0.25) is 4.79 Å². The number of benzene rings is 2. The van der Waals surface area contributed by atoms with Crippen LogP contribution in [0, 0.1) is 5.92 Å². The molecule has 2 aromatic rings. The SMILES string of the molecule is CC1=NC(=O)NC(c2cccc(Cl)c2)C1C(=O)OCc1ccccc1. The third-order valence-corrected chi connectivity index (χ3v) is 4.26. The van der Waals surface area contributed by atoms with Gasteiger partial charge in [0, 0.05) is 10.7 Å². The largest absolute Gasteiger partial charge is 0.460 e. The summed E-state index contributed by atoms with van der Waals surface area (Å²) >= 11 is 6.05. The molecule has 2 aromatic carbocycles. The monoisotopic (exact) mass is 356 g/mol. The quantitative estimate of drug-likeness (QED) is 0.844. The standard InChI is InChI=1S/C19H17ClN2O3/c1-12-16(18(23)25-11-13-6-3-2-4-7-13)17(22-19(24)21-12)14-8-5-9-15(20)10-14/h2-10,16-17H,11H2,1H3,(H,22,24). The van der Waals surface area contributed by atoms with Gasteiger partial charge in [-0.1, -0.05) is 54.1 Å². The predicted molar refractivity (Wildman–Crippen MR) is 95.6 cm³/mol. The fourth-order valence-corrected chi connectivity index (χ4v) is 3.02. The molecular formula is C19H17ClN2O3. The lowest BCUT2D eigenvalue weighted by Crippen LogP contribution is -2.44. The molecule has 0 spiro atoms. The number of aliphatic imine (C=N–C) groups is 1. The average Bonchev–Trinajstić information content (AvgIpc) is 2.60. The number of nitrogens with zero attached hydrogens (tertiary/aromatic N) is 1. The van der Waals surface area contributed by atoms with E-state index in [9.17, 15) is 9.59 Å². The zero-order chi connectivity index (χ0) is 17.8. The molecule has 0 saturated carbocycles. The Kier molecular flexibility index (Phi) is 5.14. The second-order valence-corrected chi connectivity index (χ2v) is 6.24. The van der Waals surface area contributed by atoms with Crippen LogP contribution in [0.3, 0.4) is 0 Å². The summed E-state index contributed by atoms with van der Waals surface area (Å²) in [7, 11) is 0. The number of carbonyl (C=O) groups is 2. The maximum atomic E-state index is 12.7. The molecule has 128 valence electrons. The normalized spacial score (nSPS) is 19.8. The number of rotatable bonds is 4. The van der Waals surface area contributed by atoms with Crippen molar-refractivity contribution in [3.63, 3.8) is 0 Å². The lowest BCUT2D eigenvalue weighted by atomic mass is 9.88. The summed E-state index contributed by atoms with van der Waals surface area (Å²) in [4.78, 5) is 28.3. The number of halogens is 1. The van der Waals surface area contributed by atoms with Crippen molar-refractivity contribution < 1.29 is 14.3 Å². The van der Waals surface area contributed by atoms with Gasteiger partial charge in [0.15, 0.2) is 0 Å². The molecule has 1 heterocycles. The highest BCUT2D eigenvalue weighted by Gasteiger charge is 2.38. The first-order valence-electron chi connectivity index (χ1n) is 7.86. The van der Waals surface area contributed by atoms with Crippen molar-refractivity contribution >= 4 is 29.3 Å². The maximum Gasteiger partial charge on any atom is 0.341 e. The van der Waals surface area contributed by atoms with Gasteiger partial charge in [-0.25, -0.2) is 9.79 Å². The van der Waals surface area contributed by atoms with Crippen LogP contribution in [0.15, 0.2) is 59.6 Å². The van der Waals surface area contributed by atoms with Crippen molar-refractivity contribution in [2.75, 3.05) is 0 Å². The molecule has 25 heavy (non-hydrogen) atoms. The van der Waals surface area contributed by atoms with Crippen LogP contribution in [0.25, 0.3) is 0 Å². The molecule has 5 nitrogen and oxygen atoms in total. The van der Waals surface area contributed by atoms with Gasteiger partial charge in [-0.15, -0.1) is 0 Å². The Bertz CT molecular complexity index is 820. The fourth-order valence-electron chi connectivity index (χ4n) is 2.82. The van der Waals surface area contributed by atoms with Gasteiger partial charge >= 0.3 is 12.0 Å². The molecule has 0 fully saturated rings. The van der Waals surface area contributed by atoms with Crippen molar-refractivity contribution in [2.45, 2.75) is 19.6 Å². The minimum absolute atomic E-state index is 0.166. The Morgan fingerprint density at radius 1 is 1.20 bits per heavy atom. The third-order valence-electron chi connectivity index (χ3n) is 4.03. The number of hydrogen-bond donors (Lipinski definition) is 1. The Hall–Kier alpha value is -2.66. The molecular weight excluding hydrogens is 340 g/mol. The Labute approximate surface area is 150 Å². The van der Waals surface area contributed by atoms with Gasteiger partial charge in [0.1, 0.15) is 12.5 Å². The molecule has 0 radical (unpaired) electrons. The van der Waals surface area contributed by atoms with Crippen LogP contribution in [-0.2, 0) is 16.1 Å². The van der Waals surface area contributed by atoms with Gasteiger partial charge in [0.25, 0.3) is 0 Å². The summed E-state index contributed by atoms with van der Waals surface area (Å²) in [5.74, 6) is -1.13. The van der Waals surface area contributed by atoms with E-state index in [2.05, 4.69) is 10.3 Å². The number of hydrogen-bond acceptors (Lipinski definition) is 3. The molecule has 0 aromatic heterocycles. The lowest BCUT2D eigenvalue weighted by Gasteiger charge is -2.29. The molecule has 2 unspecified atom stereocenters. The van der Waals surface area contributed by atoms with E-state index < -0.39 is 24.0 Å². The molecule has 3 rings (SSSR count). The minimum Gasteiger partial charge on any atom is -0.460 e. The van der Waals surface area contributed by atoms with Crippen LogP contribution in [0.1, 0.15) is 24.1 Å². The van der Waals surface area contributed by atoms with Crippen LogP contribution < -0.4 is 5.32 Å². The van der Waals surface area contributed by atoms with Gasteiger partial charge in [0.2, 0.25) is 0 Å². The van der Waals surface area contributed by atoms with E-state index in [0.717, 1.165) is 11.1 Å². The van der Waals surface area contributed by atoms with Gasteiger partial charge in [-0.2, -0.15) is 0 Å². The first-order chi connectivity index (χ1) is 12.0. The van der Waals surface area contributed by atoms with E-state index in [-0.39, 0.29) is 6.61 Å². The number of ether oxygens (including phenoxy) is 1. The zero-order valence-electron chi connectivity index (χ0n) is 13.6.